The maximum atomic E-state index is 11.8. The van der Waals surface area contributed by atoms with Crippen molar-refractivity contribution < 1.29 is 19.4 Å². The van der Waals surface area contributed by atoms with Crippen molar-refractivity contribution >= 4 is 11.9 Å². The molecule has 0 radical (unpaired) electrons. The van der Waals surface area contributed by atoms with Gasteiger partial charge in [-0.25, -0.2) is 4.79 Å². The molecule has 0 aliphatic heterocycles. The Morgan fingerprint density at radius 1 is 1.60 bits per heavy atom. The van der Waals surface area contributed by atoms with Crippen LogP contribution in [0.2, 0.25) is 0 Å². The molecule has 1 rings (SSSR count). The Kier molecular flexibility index (Phi) is 5.92. The van der Waals surface area contributed by atoms with Gasteiger partial charge in [-0.05, 0) is 19.9 Å². The maximum absolute atomic E-state index is 11.8. The van der Waals surface area contributed by atoms with Gasteiger partial charge in [0.1, 0.15) is 6.54 Å². The summed E-state index contributed by atoms with van der Waals surface area (Å²) in [5, 5.41) is 15.5. The van der Waals surface area contributed by atoms with Gasteiger partial charge in [-0.1, -0.05) is 6.08 Å². The van der Waals surface area contributed by atoms with Gasteiger partial charge in [0.15, 0.2) is 6.04 Å². The van der Waals surface area contributed by atoms with E-state index in [1.807, 2.05) is 19.9 Å². The normalized spacial score (nSPS) is 11.9. The van der Waals surface area contributed by atoms with E-state index >= 15 is 0 Å². The number of nitrogens with one attached hydrogen (secondary N) is 1. The van der Waals surface area contributed by atoms with Crippen LogP contribution in [-0.4, -0.2) is 46.0 Å². The molecule has 7 heteroatoms. The van der Waals surface area contributed by atoms with Crippen molar-refractivity contribution in [1.82, 2.24) is 15.1 Å². The number of hydrogen-bond acceptors (Lipinski definition) is 4. The van der Waals surface area contributed by atoms with Crippen molar-refractivity contribution in [3.8, 4) is 0 Å². The van der Waals surface area contributed by atoms with E-state index < -0.39 is 17.9 Å². The van der Waals surface area contributed by atoms with Gasteiger partial charge in [0.25, 0.3) is 0 Å². The Labute approximate surface area is 117 Å². The smallest absolute Gasteiger partial charge is 0.328 e. The second-order valence-electron chi connectivity index (χ2n) is 4.37. The molecule has 0 bridgehead atoms. The largest absolute Gasteiger partial charge is 0.480 e. The van der Waals surface area contributed by atoms with Crippen molar-refractivity contribution in [3.05, 3.63) is 30.1 Å². The summed E-state index contributed by atoms with van der Waals surface area (Å²) in [6.07, 6.45) is 1.51. The summed E-state index contributed by atoms with van der Waals surface area (Å²) in [5.74, 6) is -1.57. The van der Waals surface area contributed by atoms with Crippen molar-refractivity contribution in [2.75, 3.05) is 13.2 Å². The van der Waals surface area contributed by atoms with Crippen LogP contribution >= 0.6 is 0 Å². The number of aliphatic carboxylic acids is 1. The minimum atomic E-state index is -1.14. The van der Waals surface area contributed by atoms with Crippen LogP contribution in [0.1, 0.15) is 11.4 Å². The van der Waals surface area contributed by atoms with E-state index in [0.717, 1.165) is 11.4 Å². The van der Waals surface area contributed by atoms with E-state index in [-0.39, 0.29) is 19.8 Å². The summed E-state index contributed by atoms with van der Waals surface area (Å²) >= 11 is 0. The van der Waals surface area contributed by atoms with Gasteiger partial charge < -0.3 is 15.2 Å². The van der Waals surface area contributed by atoms with E-state index in [1.54, 1.807) is 0 Å². The summed E-state index contributed by atoms with van der Waals surface area (Å²) in [6.45, 7) is 7.22. The molecule has 0 aromatic carbocycles. The molecule has 0 aliphatic carbocycles. The third-order valence-electron chi connectivity index (χ3n) is 2.55. The van der Waals surface area contributed by atoms with E-state index in [1.165, 1.54) is 10.8 Å². The standard InChI is InChI=1S/C13H19N3O4/c1-4-5-20-8-11(13(18)19)14-12(17)7-16-10(3)6-9(2)15-16/h4,6,11H,1,5,7-8H2,2-3H3,(H,14,17)(H,18,19). The zero-order valence-corrected chi connectivity index (χ0v) is 11.6. The van der Waals surface area contributed by atoms with Crippen LogP contribution in [0.25, 0.3) is 0 Å². The number of aryl methyl sites for hydroxylation is 2. The molecule has 0 spiro atoms. The first-order valence-corrected chi connectivity index (χ1v) is 6.16. The average molecular weight is 281 g/mol. The molecule has 1 heterocycles. The lowest BCUT2D eigenvalue weighted by atomic mass is 10.3. The van der Waals surface area contributed by atoms with Gasteiger partial charge in [-0.15, -0.1) is 6.58 Å². The number of ether oxygens (including phenoxy) is 1. The SMILES string of the molecule is C=CCOCC(NC(=O)Cn1nc(C)cc1C)C(=O)O. The zero-order valence-electron chi connectivity index (χ0n) is 11.6. The van der Waals surface area contributed by atoms with E-state index in [2.05, 4.69) is 17.0 Å². The first kappa shape index (κ1) is 15.9. The monoisotopic (exact) mass is 281 g/mol. The number of carboxylic acid groups (broad SMARTS) is 1. The van der Waals surface area contributed by atoms with Crippen molar-refractivity contribution in [2.45, 2.75) is 26.4 Å². The topological polar surface area (TPSA) is 93.5 Å². The summed E-state index contributed by atoms with van der Waals surface area (Å²) in [5.41, 5.74) is 1.65. The number of nitrogens with zero attached hydrogens (tertiary/aromatic N) is 2. The zero-order chi connectivity index (χ0) is 15.1. The second-order valence-corrected chi connectivity index (χ2v) is 4.37. The fourth-order valence-electron chi connectivity index (χ4n) is 1.65. The molecule has 1 aromatic rings. The molecule has 1 unspecified atom stereocenters. The first-order chi connectivity index (χ1) is 9.43. The Hall–Kier alpha value is -2.15. The van der Waals surface area contributed by atoms with Crippen molar-refractivity contribution in [2.24, 2.45) is 0 Å². The number of hydrogen-bond donors (Lipinski definition) is 2. The highest BCUT2D eigenvalue weighted by Gasteiger charge is 2.20. The van der Waals surface area contributed by atoms with Crippen LogP contribution in [0.5, 0.6) is 0 Å². The quantitative estimate of drug-likeness (QED) is 0.527. The van der Waals surface area contributed by atoms with Crippen LogP contribution < -0.4 is 5.32 Å². The van der Waals surface area contributed by atoms with Crippen LogP contribution in [0.15, 0.2) is 18.7 Å². The summed E-state index contributed by atoms with van der Waals surface area (Å²) in [6, 6.07) is 0.759. The predicted molar refractivity (Wildman–Crippen MR) is 72.3 cm³/mol. The van der Waals surface area contributed by atoms with Gasteiger partial charge >= 0.3 is 5.97 Å². The molecule has 2 N–H and O–H groups in total. The first-order valence-electron chi connectivity index (χ1n) is 6.16. The lowest BCUT2D eigenvalue weighted by Gasteiger charge is -2.14. The fourth-order valence-corrected chi connectivity index (χ4v) is 1.65. The van der Waals surface area contributed by atoms with Gasteiger partial charge in [-0.2, -0.15) is 5.10 Å². The summed E-state index contributed by atoms with van der Waals surface area (Å²) < 4.78 is 6.57. The molecule has 1 atom stereocenters. The minimum Gasteiger partial charge on any atom is -0.480 e. The molecule has 0 aliphatic rings. The Morgan fingerprint density at radius 2 is 2.30 bits per heavy atom. The third kappa shape index (κ3) is 4.85. The Bertz CT molecular complexity index is 496. The van der Waals surface area contributed by atoms with Gasteiger partial charge in [-0.3, -0.25) is 9.48 Å². The highest BCUT2D eigenvalue weighted by molar-refractivity contribution is 5.83. The van der Waals surface area contributed by atoms with Crippen LogP contribution in [-0.2, 0) is 20.9 Å². The highest BCUT2D eigenvalue weighted by atomic mass is 16.5. The molecule has 0 fully saturated rings. The van der Waals surface area contributed by atoms with Crippen LogP contribution in [0, 0.1) is 13.8 Å². The number of rotatable bonds is 8. The molecule has 110 valence electrons. The molecule has 1 aromatic heterocycles. The highest BCUT2D eigenvalue weighted by Crippen LogP contribution is 2.01. The lowest BCUT2D eigenvalue weighted by molar-refractivity contribution is -0.143. The van der Waals surface area contributed by atoms with E-state index in [0.29, 0.717) is 0 Å². The molecule has 0 saturated carbocycles. The number of carboxylic acids is 1. The molecule has 1 amide bonds. The van der Waals surface area contributed by atoms with E-state index in [4.69, 9.17) is 9.84 Å². The Morgan fingerprint density at radius 3 is 2.80 bits per heavy atom. The Balaban J connectivity index is 2.55. The molecular formula is C13H19N3O4. The number of amides is 1. The average Bonchev–Trinajstić information content (AvgIpc) is 2.66. The predicted octanol–water partition coefficient (Wildman–Crippen LogP) is 0.272. The van der Waals surface area contributed by atoms with Gasteiger partial charge in [0.05, 0.1) is 18.9 Å². The number of carbonyl (C=O) groups excluding carboxylic acids is 1. The molecular weight excluding hydrogens is 262 g/mol. The second kappa shape index (κ2) is 7.44. The third-order valence-corrected chi connectivity index (χ3v) is 2.55. The fraction of sp³-hybridized carbons (Fsp3) is 0.462. The van der Waals surface area contributed by atoms with Crippen molar-refractivity contribution in [3.63, 3.8) is 0 Å². The molecule has 0 saturated heterocycles. The minimum absolute atomic E-state index is 0.0229. The van der Waals surface area contributed by atoms with E-state index in [9.17, 15) is 9.59 Å². The van der Waals surface area contributed by atoms with Crippen LogP contribution in [0.4, 0.5) is 0 Å². The summed E-state index contributed by atoms with van der Waals surface area (Å²) in [7, 11) is 0. The van der Waals surface area contributed by atoms with Crippen molar-refractivity contribution in [1.29, 1.82) is 0 Å². The van der Waals surface area contributed by atoms with Gasteiger partial charge in [0.2, 0.25) is 5.91 Å². The lowest BCUT2D eigenvalue weighted by Crippen LogP contribution is -2.45. The number of carbonyl (C=O) groups is 2. The molecule has 7 nitrogen and oxygen atoms in total. The maximum Gasteiger partial charge on any atom is 0.328 e. The summed E-state index contributed by atoms with van der Waals surface area (Å²) in [4.78, 5) is 22.8. The van der Waals surface area contributed by atoms with Gasteiger partial charge in [0, 0.05) is 5.69 Å². The molecule has 20 heavy (non-hydrogen) atoms. The van der Waals surface area contributed by atoms with Crippen LogP contribution in [0.3, 0.4) is 0 Å². The number of aromatic nitrogens is 2.